The van der Waals surface area contributed by atoms with Crippen LogP contribution in [0.2, 0.25) is 0 Å². The minimum Gasteiger partial charge on any atom is -0.365 e. The Labute approximate surface area is 55.9 Å². The number of aromatic amines is 1. The average Bonchev–Trinajstić information content (AvgIpc) is 2.11. The monoisotopic (exact) mass is 149 g/mol. The number of aryl methyl sites for hydroxylation is 1. The van der Waals surface area contributed by atoms with Gasteiger partial charge in [0.25, 0.3) is 0 Å². The second-order valence-corrected chi connectivity index (χ2v) is 2.01. The molecule has 0 unspecified atom stereocenters. The predicted molar refractivity (Wildman–Crippen MR) is 30.5 cm³/mol. The Morgan fingerprint density at radius 2 is 2.00 bits per heavy atom. The molecule has 0 amide bonds. The zero-order chi connectivity index (χ0) is 7.78. The second kappa shape index (κ2) is 2.04. The average molecular weight is 149 g/mol. The fourth-order valence-electron chi connectivity index (χ4n) is 0.760. The van der Waals surface area contributed by atoms with Crippen molar-refractivity contribution in [3.8, 4) is 0 Å². The van der Waals surface area contributed by atoms with Gasteiger partial charge in [-0.25, -0.2) is 0 Å². The maximum absolute atomic E-state index is 11.9. The molecule has 0 saturated carbocycles. The van der Waals surface area contributed by atoms with Gasteiger partial charge in [0, 0.05) is 11.9 Å². The third kappa shape index (κ3) is 1.15. The van der Waals surface area contributed by atoms with E-state index in [4.69, 9.17) is 0 Å². The molecule has 1 aromatic rings. The lowest BCUT2D eigenvalue weighted by Gasteiger charge is -2.03. The topological polar surface area (TPSA) is 15.8 Å². The number of nitrogens with one attached hydrogen (secondary N) is 1. The van der Waals surface area contributed by atoms with Crippen molar-refractivity contribution in [1.82, 2.24) is 4.98 Å². The molecular weight excluding hydrogens is 143 g/mol. The van der Waals surface area contributed by atoms with Crippen molar-refractivity contribution in [2.75, 3.05) is 0 Å². The Balaban J connectivity index is 3.05. The van der Waals surface area contributed by atoms with Crippen LogP contribution < -0.4 is 0 Å². The highest BCUT2D eigenvalue weighted by atomic mass is 19.4. The van der Waals surface area contributed by atoms with E-state index in [2.05, 4.69) is 4.98 Å². The van der Waals surface area contributed by atoms with E-state index in [0.717, 1.165) is 6.07 Å². The van der Waals surface area contributed by atoms with Crippen LogP contribution in [0.25, 0.3) is 0 Å². The van der Waals surface area contributed by atoms with Gasteiger partial charge < -0.3 is 4.98 Å². The van der Waals surface area contributed by atoms with Gasteiger partial charge in [-0.1, -0.05) is 0 Å². The van der Waals surface area contributed by atoms with Crippen LogP contribution in [-0.2, 0) is 6.18 Å². The molecular formula is C6H6F3N. The molecule has 0 atom stereocenters. The molecule has 0 aliphatic carbocycles. The molecule has 1 rings (SSSR count). The van der Waals surface area contributed by atoms with Crippen molar-refractivity contribution >= 4 is 0 Å². The lowest BCUT2D eigenvalue weighted by Crippen LogP contribution is -2.04. The lowest BCUT2D eigenvalue weighted by molar-refractivity contribution is -0.137. The summed E-state index contributed by atoms with van der Waals surface area (Å²) < 4.78 is 35.6. The first-order valence-corrected chi connectivity index (χ1v) is 2.73. The van der Waals surface area contributed by atoms with Gasteiger partial charge in [-0.05, 0) is 13.0 Å². The number of H-pyrrole nitrogens is 1. The molecule has 4 heteroatoms. The Morgan fingerprint density at radius 3 is 2.20 bits per heavy atom. The zero-order valence-corrected chi connectivity index (χ0v) is 5.29. The van der Waals surface area contributed by atoms with Gasteiger partial charge in [0.2, 0.25) is 0 Å². The molecule has 0 fully saturated rings. The summed E-state index contributed by atoms with van der Waals surface area (Å²) in [5.74, 6) is 0. The minimum atomic E-state index is -4.22. The zero-order valence-electron chi connectivity index (χ0n) is 5.29. The molecule has 0 saturated heterocycles. The van der Waals surface area contributed by atoms with E-state index in [-0.39, 0.29) is 5.69 Å². The van der Waals surface area contributed by atoms with E-state index in [1.807, 2.05) is 0 Å². The van der Waals surface area contributed by atoms with E-state index < -0.39 is 11.7 Å². The Kier molecular flexibility index (Phi) is 1.46. The molecule has 1 heterocycles. The lowest BCUT2D eigenvalue weighted by atomic mass is 10.2. The third-order valence-electron chi connectivity index (χ3n) is 1.26. The molecule has 56 valence electrons. The normalized spacial score (nSPS) is 12.0. The van der Waals surface area contributed by atoms with Crippen LogP contribution in [0.3, 0.4) is 0 Å². The maximum Gasteiger partial charge on any atom is 0.418 e. The van der Waals surface area contributed by atoms with Crippen molar-refractivity contribution in [2.45, 2.75) is 13.1 Å². The molecule has 0 aliphatic rings. The van der Waals surface area contributed by atoms with Crippen molar-refractivity contribution in [3.05, 3.63) is 23.5 Å². The standard InChI is InChI=1S/C6H6F3N/c1-4-5(2-3-10-4)6(7,8)9/h2-3,10H,1H3. The number of aromatic nitrogens is 1. The van der Waals surface area contributed by atoms with Gasteiger partial charge in [-0.15, -0.1) is 0 Å². The van der Waals surface area contributed by atoms with Gasteiger partial charge in [-0.3, -0.25) is 0 Å². The molecule has 0 radical (unpaired) electrons. The first-order chi connectivity index (χ1) is 4.52. The maximum atomic E-state index is 11.9. The number of hydrogen-bond donors (Lipinski definition) is 1. The van der Waals surface area contributed by atoms with E-state index in [1.165, 1.54) is 13.1 Å². The summed E-state index contributed by atoms with van der Waals surface area (Å²) in [4.78, 5) is 2.46. The minimum absolute atomic E-state index is 0.160. The van der Waals surface area contributed by atoms with Gasteiger partial charge in [0.1, 0.15) is 0 Å². The third-order valence-corrected chi connectivity index (χ3v) is 1.26. The smallest absolute Gasteiger partial charge is 0.365 e. The quantitative estimate of drug-likeness (QED) is 0.582. The summed E-state index contributed by atoms with van der Waals surface area (Å²) in [5, 5.41) is 0. The number of alkyl halides is 3. The first-order valence-electron chi connectivity index (χ1n) is 2.73. The second-order valence-electron chi connectivity index (χ2n) is 2.01. The summed E-state index contributed by atoms with van der Waals surface area (Å²) in [6.07, 6.45) is -2.94. The Morgan fingerprint density at radius 1 is 1.40 bits per heavy atom. The fraction of sp³-hybridized carbons (Fsp3) is 0.333. The van der Waals surface area contributed by atoms with Crippen LogP contribution in [0.1, 0.15) is 11.3 Å². The van der Waals surface area contributed by atoms with E-state index in [1.54, 1.807) is 0 Å². The predicted octanol–water partition coefficient (Wildman–Crippen LogP) is 2.34. The van der Waals surface area contributed by atoms with Crippen LogP contribution in [-0.4, -0.2) is 4.98 Å². The fourth-order valence-corrected chi connectivity index (χ4v) is 0.760. The van der Waals surface area contributed by atoms with Crippen LogP contribution in [0, 0.1) is 6.92 Å². The van der Waals surface area contributed by atoms with Crippen LogP contribution in [0.15, 0.2) is 12.3 Å². The van der Waals surface area contributed by atoms with Crippen molar-refractivity contribution in [1.29, 1.82) is 0 Å². The van der Waals surface area contributed by atoms with Gasteiger partial charge in [0.15, 0.2) is 0 Å². The number of halogens is 3. The molecule has 10 heavy (non-hydrogen) atoms. The summed E-state index contributed by atoms with van der Waals surface area (Å²) in [7, 11) is 0. The van der Waals surface area contributed by atoms with E-state index in [9.17, 15) is 13.2 Å². The Bertz CT molecular complexity index is 223. The highest BCUT2D eigenvalue weighted by molar-refractivity contribution is 5.21. The summed E-state index contributed by atoms with van der Waals surface area (Å²) in [5.41, 5.74) is -0.431. The van der Waals surface area contributed by atoms with E-state index >= 15 is 0 Å². The van der Waals surface area contributed by atoms with Crippen LogP contribution in [0.5, 0.6) is 0 Å². The van der Waals surface area contributed by atoms with Gasteiger partial charge >= 0.3 is 6.18 Å². The van der Waals surface area contributed by atoms with Crippen molar-refractivity contribution in [2.24, 2.45) is 0 Å². The summed E-state index contributed by atoms with van der Waals surface area (Å²) in [6.45, 7) is 1.39. The first kappa shape index (κ1) is 7.18. The highest BCUT2D eigenvalue weighted by Crippen LogP contribution is 2.30. The molecule has 1 N–H and O–H groups in total. The Hall–Kier alpha value is -0.930. The van der Waals surface area contributed by atoms with Crippen LogP contribution in [0.4, 0.5) is 13.2 Å². The van der Waals surface area contributed by atoms with Crippen LogP contribution >= 0.6 is 0 Å². The van der Waals surface area contributed by atoms with Crippen molar-refractivity contribution < 1.29 is 13.2 Å². The number of hydrogen-bond acceptors (Lipinski definition) is 0. The molecule has 1 aromatic heterocycles. The molecule has 0 bridgehead atoms. The molecule has 0 spiro atoms. The SMILES string of the molecule is Cc1[nH]ccc1C(F)(F)F. The largest absolute Gasteiger partial charge is 0.418 e. The molecule has 1 nitrogen and oxygen atoms in total. The van der Waals surface area contributed by atoms with E-state index in [0.29, 0.717) is 0 Å². The number of rotatable bonds is 0. The summed E-state index contributed by atoms with van der Waals surface area (Å²) >= 11 is 0. The molecule has 0 aromatic carbocycles. The van der Waals surface area contributed by atoms with Gasteiger partial charge in [-0.2, -0.15) is 13.2 Å². The van der Waals surface area contributed by atoms with Crippen molar-refractivity contribution in [3.63, 3.8) is 0 Å². The van der Waals surface area contributed by atoms with Gasteiger partial charge in [0.05, 0.1) is 5.56 Å². The molecule has 0 aliphatic heterocycles. The summed E-state index contributed by atoms with van der Waals surface area (Å²) in [6, 6.07) is 1.02. The highest BCUT2D eigenvalue weighted by Gasteiger charge is 2.32.